The number of hydrogen-bond donors (Lipinski definition) is 1. The molecule has 1 atom stereocenters. The average Bonchev–Trinajstić information content (AvgIpc) is 2.93. The maximum atomic E-state index is 4.47. The van der Waals surface area contributed by atoms with E-state index in [0.29, 0.717) is 6.04 Å². The summed E-state index contributed by atoms with van der Waals surface area (Å²) < 4.78 is 2.01. The summed E-state index contributed by atoms with van der Waals surface area (Å²) in [5, 5.41) is 7.89. The van der Waals surface area contributed by atoms with Gasteiger partial charge in [-0.15, -0.1) is 0 Å². The molecule has 1 saturated carbocycles. The van der Waals surface area contributed by atoms with Gasteiger partial charge >= 0.3 is 0 Å². The molecule has 1 fully saturated rings. The number of nitrogens with zero attached hydrogens (tertiary/aromatic N) is 4. The molecule has 120 valence electrons. The van der Waals surface area contributed by atoms with E-state index in [-0.39, 0.29) is 5.54 Å². The first kappa shape index (κ1) is 16.4. The van der Waals surface area contributed by atoms with Gasteiger partial charge < -0.3 is 10.2 Å². The summed E-state index contributed by atoms with van der Waals surface area (Å²) in [6, 6.07) is 0.412. The lowest BCUT2D eigenvalue weighted by atomic mass is 9.71. The lowest BCUT2D eigenvalue weighted by Gasteiger charge is -2.49. The molecule has 1 aromatic heterocycles. The minimum Gasteiger partial charge on any atom is -0.315 e. The van der Waals surface area contributed by atoms with Gasteiger partial charge in [0, 0.05) is 24.5 Å². The van der Waals surface area contributed by atoms with E-state index in [1.54, 1.807) is 6.33 Å². The molecule has 1 N–H and O–H groups in total. The van der Waals surface area contributed by atoms with Crippen LogP contribution < -0.4 is 5.32 Å². The van der Waals surface area contributed by atoms with Gasteiger partial charge in [-0.3, -0.25) is 4.68 Å². The Morgan fingerprint density at radius 1 is 1.43 bits per heavy atom. The monoisotopic (exact) mass is 293 g/mol. The average molecular weight is 293 g/mol. The Morgan fingerprint density at radius 2 is 2.10 bits per heavy atom. The Labute approximate surface area is 129 Å². The summed E-state index contributed by atoms with van der Waals surface area (Å²) in [4.78, 5) is 6.91. The van der Waals surface area contributed by atoms with Crippen LogP contribution in [0.1, 0.15) is 45.4 Å². The third-order valence-electron chi connectivity index (χ3n) is 5.41. The summed E-state index contributed by atoms with van der Waals surface area (Å²) in [5.74, 6) is 1.95. The third-order valence-corrected chi connectivity index (χ3v) is 5.41. The Bertz CT molecular complexity index is 432. The first-order valence-corrected chi connectivity index (χ1v) is 8.25. The van der Waals surface area contributed by atoms with Gasteiger partial charge in [0.2, 0.25) is 0 Å². The molecule has 0 aliphatic heterocycles. The Kier molecular flexibility index (Phi) is 5.38. The topological polar surface area (TPSA) is 46.0 Å². The van der Waals surface area contributed by atoms with E-state index in [9.17, 15) is 0 Å². The fourth-order valence-corrected chi connectivity index (χ4v) is 3.82. The van der Waals surface area contributed by atoms with Crippen molar-refractivity contribution < 1.29 is 0 Å². The SMILES string of the molecule is CCn1ncnc1CC(NC)C1(N(C)C)CCC(C)CC1. The van der Waals surface area contributed by atoms with Gasteiger partial charge in [-0.2, -0.15) is 5.10 Å². The maximum absolute atomic E-state index is 4.47. The quantitative estimate of drug-likeness (QED) is 0.870. The lowest BCUT2D eigenvalue weighted by Crippen LogP contribution is -2.60. The van der Waals surface area contributed by atoms with E-state index in [0.717, 1.165) is 24.7 Å². The molecule has 0 radical (unpaired) electrons. The normalized spacial score (nSPS) is 28.0. The first-order chi connectivity index (χ1) is 10.0. The second kappa shape index (κ2) is 6.88. The van der Waals surface area contributed by atoms with Crippen molar-refractivity contribution in [3.8, 4) is 0 Å². The highest BCUT2D eigenvalue weighted by molar-refractivity contribution is 5.05. The van der Waals surface area contributed by atoms with Crippen molar-refractivity contribution in [2.75, 3.05) is 21.1 Å². The van der Waals surface area contributed by atoms with Crippen molar-refractivity contribution in [2.45, 2.75) is 64.1 Å². The molecule has 1 aliphatic rings. The highest BCUT2D eigenvalue weighted by Gasteiger charge is 2.42. The van der Waals surface area contributed by atoms with E-state index >= 15 is 0 Å². The number of hydrogen-bond acceptors (Lipinski definition) is 4. The summed E-state index contributed by atoms with van der Waals surface area (Å²) in [6.45, 7) is 5.38. The van der Waals surface area contributed by atoms with Crippen LogP contribution in [0.15, 0.2) is 6.33 Å². The highest BCUT2D eigenvalue weighted by Crippen LogP contribution is 2.38. The van der Waals surface area contributed by atoms with Gasteiger partial charge in [-0.25, -0.2) is 4.98 Å². The van der Waals surface area contributed by atoms with Crippen molar-refractivity contribution >= 4 is 0 Å². The number of likely N-dealkylation sites (N-methyl/N-ethyl adjacent to an activating group) is 2. The molecule has 0 saturated heterocycles. The van der Waals surface area contributed by atoms with Crippen molar-refractivity contribution in [3.63, 3.8) is 0 Å². The van der Waals surface area contributed by atoms with Gasteiger partial charge in [0.05, 0.1) is 0 Å². The molecule has 0 aromatic carbocycles. The molecule has 1 heterocycles. The van der Waals surface area contributed by atoms with Gasteiger partial charge in [0.15, 0.2) is 0 Å². The molecule has 21 heavy (non-hydrogen) atoms. The van der Waals surface area contributed by atoms with Crippen LogP contribution in [0.5, 0.6) is 0 Å². The van der Waals surface area contributed by atoms with Crippen molar-refractivity contribution in [3.05, 3.63) is 12.2 Å². The summed E-state index contributed by atoms with van der Waals surface area (Å²) >= 11 is 0. The molecule has 2 rings (SSSR count). The fraction of sp³-hybridized carbons (Fsp3) is 0.875. The zero-order valence-electron chi connectivity index (χ0n) is 14.3. The zero-order chi connectivity index (χ0) is 15.5. The number of aromatic nitrogens is 3. The van der Waals surface area contributed by atoms with Gasteiger partial charge in [0.1, 0.15) is 12.2 Å². The van der Waals surface area contributed by atoms with Gasteiger partial charge in [0.25, 0.3) is 0 Å². The van der Waals surface area contributed by atoms with E-state index in [1.807, 2.05) is 4.68 Å². The molecule has 1 aliphatic carbocycles. The van der Waals surface area contributed by atoms with Crippen LogP contribution in [0.25, 0.3) is 0 Å². The minimum absolute atomic E-state index is 0.228. The van der Waals surface area contributed by atoms with E-state index in [1.165, 1.54) is 25.7 Å². The van der Waals surface area contributed by atoms with Crippen LogP contribution in [0, 0.1) is 5.92 Å². The second-order valence-corrected chi connectivity index (χ2v) is 6.72. The highest BCUT2D eigenvalue weighted by atomic mass is 15.3. The van der Waals surface area contributed by atoms with Crippen LogP contribution in [0.4, 0.5) is 0 Å². The maximum Gasteiger partial charge on any atom is 0.138 e. The predicted octanol–water partition coefficient (Wildman–Crippen LogP) is 1.94. The number of aryl methyl sites for hydroxylation is 1. The molecule has 0 spiro atoms. The number of rotatable bonds is 6. The standard InChI is InChI=1S/C16H31N5/c1-6-21-15(18-12-19-21)11-14(17-3)16(20(4)5)9-7-13(2)8-10-16/h12-14,17H,6-11H2,1-5H3. The van der Waals surface area contributed by atoms with Crippen LogP contribution in [0.3, 0.4) is 0 Å². The molecule has 5 heteroatoms. The van der Waals surface area contributed by atoms with Crippen LogP contribution >= 0.6 is 0 Å². The fourth-order valence-electron chi connectivity index (χ4n) is 3.82. The predicted molar refractivity (Wildman–Crippen MR) is 86.3 cm³/mol. The van der Waals surface area contributed by atoms with Gasteiger partial charge in [-0.05, 0) is 59.7 Å². The third kappa shape index (κ3) is 3.29. The summed E-state index contributed by atoms with van der Waals surface area (Å²) in [5.41, 5.74) is 0.228. The summed E-state index contributed by atoms with van der Waals surface area (Å²) in [7, 11) is 6.54. The second-order valence-electron chi connectivity index (χ2n) is 6.72. The first-order valence-electron chi connectivity index (χ1n) is 8.25. The molecular formula is C16H31N5. The Hall–Kier alpha value is -0.940. The van der Waals surface area contributed by atoms with Crippen molar-refractivity contribution in [2.24, 2.45) is 5.92 Å². The van der Waals surface area contributed by atoms with Crippen molar-refractivity contribution in [1.29, 1.82) is 0 Å². The smallest absolute Gasteiger partial charge is 0.138 e. The van der Waals surface area contributed by atoms with Crippen LogP contribution in [-0.4, -0.2) is 52.4 Å². The molecular weight excluding hydrogens is 262 g/mol. The molecule has 1 unspecified atom stereocenters. The van der Waals surface area contributed by atoms with E-state index in [4.69, 9.17) is 0 Å². The number of nitrogens with one attached hydrogen (secondary N) is 1. The minimum atomic E-state index is 0.228. The van der Waals surface area contributed by atoms with E-state index < -0.39 is 0 Å². The molecule has 1 aromatic rings. The Balaban J connectivity index is 2.20. The van der Waals surface area contributed by atoms with E-state index in [2.05, 4.69) is 55.3 Å². The van der Waals surface area contributed by atoms with Crippen LogP contribution in [0.2, 0.25) is 0 Å². The largest absolute Gasteiger partial charge is 0.315 e. The zero-order valence-corrected chi connectivity index (χ0v) is 14.3. The van der Waals surface area contributed by atoms with Gasteiger partial charge in [-0.1, -0.05) is 6.92 Å². The lowest BCUT2D eigenvalue weighted by molar-refractivity contribution is 0.0451. The Morgan fingerprint density at radius 3 is 2.62 bits per heavy atom. The molecule has 0 amide bonds. The molecule has 0 bridgehead atoms. The molecule has 5 nitrogen and oxygen atoms in total. The van der Waals surface area contributed by atoms with Crippen LogP contribution in [-0.2, 0) is 13.0 Å². The summed E-state index contributed by atoms with van der Waals surface area (Å²) in [6.07, 6.45) is 7.77. The van der Waals surface area contributed by atoms with Crippen molar-refractivity contribution in [1.82, 2.24) is 25.0 Å².